The van der Waals surface area contributed by atoms with Gasteiger partial charge in [0.15, 0.2) is 0 Å². The monoisotopic (exact) mass is 258 g/mol. The van der Waals surface area contributed by atoms with Gasteiger partial charge in [0.2, 0.25) is 0 Å². The maximum Gasteiger partial charge on any atom is 0.327 e. The van der Waals surface area contributed by atoms with E-state index in [0.717, 1.165) is 0 Å². The Kier molecular flexibility index (Phi) is 4.07. The third kappa shape index (κ3) is 2.04. The van der Waals surface area contributed by atoms with Gasteiger partial charge in [-0.3, -0.25) is 24.7 Å². The van der Waals surface area contributed by atoms with Gasteiger partial charge in [0.05, 0.1) is 0 Å². The minimum Gasteiger partial charge on any atom is -0.300 e. The molecule has 1 atom stereocenters. The van der Waals surface area contributed by atoms with Crippen LogP contribution in [0.3, 0.4) is 0 Å². The SMILES string of the molecule is O=c1[nH]c(=O)c2[nH]c(=O)[nH]c2[nH]1.P.[Fe]. The first kappa shape index (κ1) is 12.9. The van der Waals surface area contributed by atoms with Crippen molar-refractivity contribution in [3.8, 4) is 0 Å². The molecule has 78 valence electrons. The van der Waals surface area contributed by atoms with Gasteiger partial charge < -0.3 is 0 Å². The van der Waals surface area contributed by atoms with E-state index in [4.69, 9.17) is 0 Å². The molecule has 0 saturated heterocycles. The fraction of sp³-hybridized carbons (Fsp3) is 0. The van der Waals surface area contributed by atoms with Crippen LogP contribution in [0.1, 0.15) is 0 Å². The minimum atomic E-state index is -0.650. The Morgan fingerprint density at radius 3 is 1.86 bits per heavy atom. The van der Waals surface area contributed by atoms with Gasteiger partial charge in [0.1, 0.15) is 11.2 Å². The van der Waals surface area contributed by atoms with Crippen molar-refractivity contribution >= 4 is 21.1 Å². The van der Waals surface area contributed by atoms with Gasteiger partial charge in [0, 0.05) is 17.1 Å². The number of imidazole rings is 1. The third-order valence-corrected chi connectivity index (χ3v) is 1.42. The topological polar surface area (TPSA) is 114 Å². The summed E-state index contributed by atoms with van der Waals surface area (Å²) in [6.07, 6.45) is 0. The number of aromatic amines is 4. The van der Waals surface area contributed by atoms with E-state index in [1.807, 2.05) is 4.98 Å². The number of aromatic nitrogens is 4. The molecule has 4 N–H and O–H groups in total. The zero-order valence-electron chi connectivity index (χ0n) is 6.79. The van der Waals surface area contributed by atoms with E-state index in [2.05, 4.69) is 15.0 Å². The van der Waals surface area contributed by atoms with Crippen molar-refractivity contribution in [2.45, 2.75) is 0 Å². The Labute approximate surface area is 89.8 Å². The average Bonchev–Trinajstić information content (AvgIpc) is 2.29. The fourth-order valence-corrected chi connectivity index (χ4v) is 0.958. The first-order valence-corrected chi connectivity index (χ1v) is 3.11. The average molecular weight is 258 g/mol. The zero-order chi connectivity index (χ0) is 8.72. The van der Waals surface area contributed by atoms with Crippen molar-refractivity contribution < 1.29 is 17.1 Å². The second-order valence-electron chi connectivity index (χ2n) is 2.24. The quantitative estimate of drug-likeness (QED) is 0.333. The summed E-state index contributed by atoms with van der Waals surface area (Å²) in [5.74, 6) is 0. The van der Waals surface area contributed by atoms with Crippen LogP contribution in [0.25, 0.3) is 11.2 Å². The van der Waals surface area contributed by atoms with Crippen molar-refractivity contribution in [3.05, 3.63) is 31.3 Å². The number of fused-ring (bicyclic) bond motifs is 1. The van der Waals surface area contributed by atoms with E-state index in [0.29, 0.717) is 0 Å². The molecule has 2 heterocycles. The number of H-pyrrole nitrogens is 4. The number of rotatable bonds is 0. The van der Waals surface area contributed by atoms with Crippen molar-refractivity contribution in [2.24, 2.45) is 0 Å². The van der Waals surface area contributed by atoms with Gasteiger partial charge in [-0.05, 0) is 0 Å². The van der Waals surface area contributed by atoms with Crippen LogP contribution in [-0.2, 0) is 17.1 Å². The van der Waals surface area contributed by atoms with Gasteiger partial charge in [0.25, 0.3) is 5.56 Å². The van der Waals surface area contributed by atoms with Crippen molar-refractivity contribution in [1.29, 1.82) is 0 Å². The first-order chi connectivity index (χ1) is 5.66. The van der Waals surface area contributed by atoms with Crippen LogP contribution in [0.2, 0.25) is 0 Å². The summed E-state index contributed by atoms with van der Waals surface area (Å²) < 4.78 is 0. The molecule has 2 aromatic rings. The predicted molar refractivity (Wildman–Crippen MR) is 51.3 cm³/mol. The molecule has 0 radical (unpaired) electrons. The summed E-state index contributed by atoms with van der Waals surface area (Å²) in [5.41, 5.74) is -1.65. The van der Waals surface area contributed by atoms with E-state index >= 15 is 0 Å². The Balaban J connectivity index is 0.000000845. The number of nitrogens with one attached hydrogen (secondary N) is 4. The van der Waals surface area contributed by atoms with Gasteiger partial charge in [-0.25, -0.2) is 9.59 Å². The Morgan fingerprint density at radius 1 is 0.786 bits per heavy atom. The van der Waals surface area contributed by atoms with Gasteiger partial charge in [-0.2, -0.15) is 9.90 Å². The minimum absolute atomic E-state index is 0. The molecular formula is C5H7FeN4O3P. The Hall–Kier alpha value is -1.10. The molecule has 7 nitrogen and oxygen atoms in total. The molecule has 1 unspecified atom stereocenters. The molecule has 9 heteroatoms. The Bertz CT molecular complexity index is 593. The molecule has 0 fully saturated rings. The van der Waals surface area contributed by atoms with Crippen LogP contribution in [0, 0.1) is 0 Å². The van der Waals surface area contributed by atoms with Crippen LogP contribution in [0.5, 0.6) is 0 Å². The standard InChI is InChI=1S/C5H4N4O3.Fe.H3P/c10-3-1-2(7-4(11)6-1)8-5(12)9-3;;/h(H4,6,7,8,9,10,11,12);;1H3. The fourth-order valence-electron chi connectivity index (χ4n) is 0.958. The second kappa shape index (κ2) is 4.41. The van der Waals surface area contributed by atoms with E-state index in [9.17, 15) is 14.4 Å². The van der Waals surface area contributed by atoms with Gasteiger partial charge in [-0.15, -0.1) is 0 Å². The van der Waals surface area contributed by atoms with Crippen LogP contribution in [0.4, 0.5) is 0 Å². The van der Waals surface area contributed by atoms with Crippen LogP contribution in [0.15, 0.2) is 14.4 Å². The summed E-state index contributed by atoms with van der Waals surface area (Å²) in [4.78, 5) is 41.0. The molecule has 0 aliphatic carbocycles. The smallest absolute Gasteiger partial charge is 0.300 e. The molecule has 14 heavy (non-hydrogen) atoms. The van der Waals surface area contributed by atoms with E-state index in [-0.39, 0.29) is 38.1 Å². The molecule has 0 aliphatic rings. The largest absolute Gasteiger partial charge is 0.327 e. The number of hydrogen-bond acceptors (Lipinski definition) is 3. The molecule has 0 bridgehead atoms. The third-order valence-electron chi connectivity index (χ3n) is 1.42. The molecule has 0 saturated carbocycles. The van der Waals surface area contributed by atoms with Crippen LogP contribution in [-0.4, -0.2) is 19.9 Å². The Morgan fingerprint density at radius 2 is 1.29 bits per heavy atom. The van der Waals surface area contributed by atoms with Crippen LogP contribution >= 0.6 is 9.90 Å². The van der Waals surface area contributed by atoms with E-state index in [1.165, 1.54) is 0 Å². The number of hydrogen-bond donors (Lipinski definition) is 4. The van der Waals surface area contributed by atoms with Gasteiger partial charge in [-0.1, -0.05) is 0 Å². The summed E-state index contributed by atoms with van der Waals surface area (Å²) in [7, 11) is 0. The normalized spacial score (nSPS) is 9.14. The summed E-state index contributed by atoms with van der Waals surface area (Å²) in [6, 6.07) is 0. The van der Waals surface area contributed by atoms with E-state index < -0.39 is 16.9 Å². The van der Waals surface area contributed by atoms with Crippen LogP contribution < -0.4 is 16.9 Å². The summed E-state index contributed by atoms with van der Waals surface area (Å²) in [6.45, 7) is 0. The molecule has 0 spiro atoms. The molecule has 2 aromatic heterocycles. The molecular weight excluding hydrogens is 251 g/mol. The zero-order valence-corrected chi connectivity index (χ0v) is 9.30. The molecule has 0 amide bonds. The van der Waals surface area contributed by atoms with Crippen molar-refractivity contribution in [3.63, 3.8) is 0 Å². The predicted octanol–water partition coefficient (Wildman–Crippen LogP) is -1.71. The molecule has 0 aromatic carbocycles. The maximum atomic E-state index is 10.9. The van der Waals surface area contributed by atoms with E-state index in [1.54, 1.807) is 0 Å². The van der Waals surface area contributed by atoms with Gasteiger partial charge >= 0.3 is 11.4 Å². The first-order valence-electron chi connectivity index (χ1n) is 3.11. The van der Waals surface area contributed by atoms with Crippen molar-refractivity contribution in [1.82, 2.24) is 19.9 Å². The second-order valence-corrected chi connectivity index (χ2v) is 2.24. The summed E-state index contributed by atoms with van der Waals surface area (Å²) in [5, 5.41) is 0. The summed E-state index contributed by atoms with van der Waals surface area (Å²) >= 11 is 0. The maximum absolute atomic E-state index is 10.9. The molecule has 2 rings (SSSR count). The van der Waals surface area contributed by atoms with Crippen molar-refractivity contribution in [2.75, 3.05) is 0 Å². The molecule has 0 aliphatic heterocycles.